The van der Waals surface area contributed by atoms with E-state index in [-0.39, 0.29) is 0 Å². The number of nitrogens with one attached hydrogen (secondary N) is 1. The van der Waals surface area contributed by atoms with E-state index in [0.29, 0.717) is 6.04 Å². The van der Waals surface area contributed by atoms with E-state index in [1.54, 1.807) is 7.11 Å². The van der Waals surface area contributed by atoms with Gasteiger partial charge in [0.05, 0.1) is 12.3 Å². The summed E-state index contributed by atoms with van der Waals surface area (Å²) in [5.41, 5.74) is 2.47. The maximum atomic E-state index is 5.09. The van der Waals surface area contributed by atoms with Crippen molar-refractivity contribution in [1.82, 2.24) is 5.32 Å². The number of anilines is 1. The third-order valence-electron chi connectivity index (χ3n) is 2.95. The predicted molar refractivity (Wildman–Crippen MR) is 76.8 cm³/mol. The largest absolute Gasteiger partial charge is 0.383 e. The number of benzene rings is 1. The van der Waals surface area contributed by atoms with Crippen molar-refractivity contribution in [3.63, 3.8) is 0 Å². The Balaban J connectivity index is 2.82. The van der Waals surface area contributed by atoms with Crippen LogP contribution in [0.5, 0.6) is 0 Å². The first-order valence-electron chi connectivity index (χ1n) is 5.77. The van der Waals surface area contributed by atoms with Crippen molar-refractivity contribution < 1.29 is 4.74 Å². The average Bonchev–Trinajstić information content (AvgIpc) is 2.34. The van der Waals surface area contributed by atoms with E-state index in [9.17, 15) is 0 Å². The summed E-state index contributed by atoms with van der Waals surface area (Å²) in [6, 6.07) is 6.83. The Kier molecular flexibility index (Phi) is 5.95. The Labute approximate surface area is 112 Å². The SMILES string of the molecule is CNC(C)c1ccc(N(C)CCOC)c(Br)c1. The molecular weight excluding hydrogens is 280 g/mol. The zero-order valence-electron chi connectivity index (χ0n) is 11.0. The van der Waals surface area contributed by atoms with Gasteiger partial charge >= 0.3 is 0 Å². The van der Waals surface area contributed by atoms with Gasteiger partial charge in [0.25, 0.3) is 0 Å². The van der Waals surface area contributed by atoms with Gasteiger partial charge in [0, 0.05) is 31.2 Å². The smallest absolute Gasteiger partial charge is 0.0637 e. The second-order valence-corrected chi connectivity index (χ2v) is 4.99. The molecule has 0 saturated carbocycles. The molecular formula is C13H21BrN2O. The lowest BCUT2D eigenvalue weighted by molar-refractivity contribution is 0.206. The second kappa shape index (κ2) is 6.99. The van der Waals surface area contributed by atoms with E-state index in [0.717, 1.165) is 17.6 Å². The van der Waals surface area contributed by atoms with Crippen LogP contribution < -0.4 is 10.2 Å². The van der Waals surface area contributed by atoms with Gasteiger partial charge < -0.3 is 15.0 Å². The second-order valence-electron chi connectivity index (χ2n) is 4.14. The molecule has 1 atom stereocenters. The van der Waals surface area contributed by atoms with Crippen molar-refractivity contribution in [3.05, 3.63) is 28.2 Å². The Morgan fingerprint density at radius 2 is 2.18 bits per heavy atom. The Morgan fingerprint density at radius 3 is 2.71 bits per heavy atom. The van der Waals surface area contributed by atoms with Crippen molar-refractivity contribution in [2.24, 2.45) is 0 Å². The molecule has 0 heterocycles. The number of ether oxygens (including phenoxy) is 1. The van der Waals surface area contributed by atoms with Crippen LogP contribution in [0.2, 0.25) is 0 Å². The van der Waals surface area contributed by atoms with Gasteiger partial charge in [-0.2, -0.15) is 0 Å². The lowest BCUT2D eigenvalue weighted by Crippen LogP contribution is -2.22. The summed E-state index contributed by atoms with van der Waals surface area (Å²) in [7, 11) is 5.76. The molecule has 1 rings (SSSR count). The molecule has 0 aliphatic heterocycles. The summed E-state index contributed by atoms with van der Waals surface area (Å²) in [6.07, 6.45) is 0. The summed E-state index contributed by atoms with van der Waals surface area (Å²) >= 11 is 3.63. The Bertz CT molecular complexity index is 357. The average molecular weight is 301 g/mol. The van der Waals surface area contributed by atoms with E-state index >= 15 is 0 Å². The molecule has 0 aliphatic carbocycles. The lowest BCUT2D eigenvalue weighted by atomic mass is 10.1. The van der Waals surface area contributed by atoms with Gasteiger partial charge in [-0.15, -0.1) is 0 Å². The lowest BCUT2D eigenvalue weighted by Gasteiger charge is -2.21. The van der Waals surface area contributed by atoms with Crippen molar-refractivity contribution in [3.8, 4) is 0 Å². The van der Waals surface area contributed by atoms with Crippen LogP contribution >= 0.6 is 15.9 Å². The quantitative estimate of drug-likeness (QED) is 0.874. The molecule has 3 nitrogen and oxygen atoms in total. The highest BCUT2D eigenvalue weighted by molar-refractivity contribution is 9.10. The van der Waals surface area contributed by atoms with E-state index in [1.165, 1.54) is 11.3 Å². The summed E-state index contributed by atoms with van der Waals surface area (Å²) in [6.45, 7) is 3.77. The standard InChI is InChI=1S/C13H21BrN2O/c1-10(15-2)11-5-6-13(12(14)9-11)16(3)7-8-17-4/h5-6,9-10,15H,7-8H2,1-4H3. The molecule has 17 heavy (non-hydrogen) atoms. The van der Waals surface area contributed by atoms with Gasteiger partial charge in [-0.25, -0.2) is 0 Å². The highest BCUT2D eigenvalue weighted by atomic mass is 79.9. The maximum absolute atomic E-state index is 5.09. The van der Waals surface area contributed by atoms with Crippen molar-refractivity contribution in [1.29, 1.82) is 0 Å². The number of likely N-dealkylation sites (N-methyl/N-ethyl adjacent to an activating group) is 1. The van der Waals surface area contributed by atoms with Crippen molar-refractivity contribution in [2.75, 3.05) is 39.3 Å². The minimum Gasteiger partial charge on any atom is -0.383 e. The van der Waals surface area contributed by atoms with Crippen molar-refractivity contribution in [2.45, 2.75) is 13.0 Å². The van der Waals surface area contributed by atoms with Crippen molar-refractivity contribution >= 4 is 21.6 Å². The number of hydrogen-bond acceptors (Lipinski definition) is 3. The molecule has 0 saturated heterocycles. The van der Waals surface area contributed by atoms with Gasteiger partial charge in [-0.05, 0) is 47.6 Å². The summed E-state index contributed by atoms with van der Waals surface area (Å²) < 4.78 is 6.21. The number of rotatable bonds is 6. The minimum absolute atomic E-state index is 0.365. The first kappa shape index (κ1) is 14.5. The van der Waals surface area contributed by atoms with Crippen LogP contribution in [0.1, 0.15) is 18.5 Å². The van der Waals surface area contributed by atoms with Gasteiger partial charge in [0.2, 0.25) is 0 Å². The third-order valence-corrected chi connectivity index (χ3v) is 3.58. The first-order chi connectivity index (χ1) is 8.10. The Morgan fingerprint density at radius 1 is 1.47 bits per heavy atom. The van der Waals surface area contributed by atoms with Gasteiger partial charge in [0.1, 0.15) is 0 Å². The molecule has 0 radical (unpaired) electrons. The highest BCUT2D eigenvalue weighted by Crippen LogP contribution is 2.28. The number of methoxy groups -OCH3 is 1. The van der Waals surface area contributed by atoms with E-state index in [2.05, 4.69) is 58.3 Å². The van der Waals surface area contributed by atoms with Crippen LogP contribution in [0.15, 0.2) is 22.7 Å². The number of halogens is 1. The first-order valence-corrected chi connectivity index (χ1v) is 6.56. The molecule has 0 fully saturated rings. The number of hydrogen-bond donors (Lipinski definition) is 1. The number of nitrogens with zero attached hydrogens (tertiary/aromatic N) is 1. The zero-order chi connectivity index (χ0) is 12.8. The molecule has 1 N–H and O–H groups in total. The summed E-state index contributed by atoms with van der Waals surface area (Å²) in [5.74, 6) is 0. The van der Waals surface area contributed by atoms with E-state index in [4.69, 9.17) is 4.74 Å². The fourth-order valence-electron chi connectivity index (χ4n) is 1.62. The monoisotopic (exact) mass is 300 g/mol. The van der Waals surface area contributed by atoms with Gasteiger partial charge in [0.15, 0.2) is 0 Å². The van der Waals surface area contributed by atoms with Crippen LogP contribution in [0.4, 0.5) is 5.69 Å². The third kappa shape index (κ3) is 3.98. The fourth-order valence-corrected chi connectivity index (χ4v) is 2.32. The molecule has 0 aromatic heterocycles. The molecule has 96 valence electrons. The normalized spacial score (nSPS) is 12.5. The van der Waals surface area contributed by atoms with Crippen LogP contribution in [-0.2, 0) is 4.74 Å². The van der Waals surface area contributed by atoms with E-state index < -0.39 is 0 Å². The minimum atomic E-state index is 0.365. The van der Waals surface area contributed by atoms with Crippen LogP contribution in [0.3, 0.4) is 0 Å². The maximum Gasteiger partial charge on any atom is 0.0637 e. The van der Waals surface area contributed by atoms with Crippen LogP contribution in [0, 0.1) is 0 Å². The molecule has 1 aromatic carbocycles. The zero-order valence-corrected chi connectivity index (χ0v) is 12.5. The molecule has 4 heteroatoms. The van der Waals surface area contributed by atoms with E-state index in [1.807, 2.05) is 7.05 Å². The van der Waals surface area contributed by atoms with Gasteiger partial charge in [-0.1, -0.05) is 6.07 Å². The fraction of sp³-hybridized carbons (Fsp3) is 0.538. The highest BCUT2D eigenvalue weighted by Gasteiger charge is 2.09. The molecule has 1 aromatic rings. The van der Waals surface area contributed by atoms with Crippen LogP contribution in [0.25, 0.3) is 0 Å². The van der Waals surface area contributed by atoms with Gasteiger partial charge in [-0.3, -0.25) is 0 Å². The summed E-state index contributed by atoms with van der Waals surface area (Å²) in [4.78, 5) is 2.18. The molecule has 0 amide bonds. The molecule has 1 unspecified atom stereocenters. The Hall–Kier alpha value is -0.580. The topological polar surface area (TPSA) is 24.5 Å². The molecule has 0 spiro atoms. The summed E-state index contributed by atoms with van der Waals surface area (Å²) in [5, 5.41) is 3.24. The predicted octanol–water partition coefficient (Wildman–Crippen LogP) is 2.81. The molecule has 0 aliphatic rings. The molecule has 0 bridgehead atoms. The van der Waals surface area contributed by atoms with Crippen LogP contribution in [-0.4, -0.2) is 34.4 Å².